The Bertz CT molecular complexity index is 412. The van der Waals surface area contributed by atoms with Gasteiger partial charge < -0.3 is 10.6 Å². The van der Waals surface area contributed by atoms with Crippen LogP contribution < -0.4 is 10.6 Å². The van der Waals surface area contributed by atoms with Crippen LogP contribution in [0.3, 0.4) is 0 Å². The van der Waals surface area contributed by atoms with Crippen molar-refractivity contribution in [2.75, 3.05) is 19.6 Å². The predicted octanol–water partition coefficient (Wildman–Crippen LogP) is 2.70. The summed E-state index contributed by atoms with van der Waals surface area (Å²) in [4.78, 5) is 15.7. The van der Waals surface area contributed by atoms with Gasteiger partial charge in [0, 0.05) is 18.9 Å². The van der Waals surface area contributed by atoms with Crippen molar-refractivity contribution in [3.8, 4) is 0 Å². The molecule has 1 aromatic heterocycles. The monoisotopic (exact) mass is 339 g/mol. The van der Waals surface area contributed by atoms with Gasteiger partial charge in [-0.05, 0) is 44.3 Å². The van der Waals surface area contributed by atoms with Gasteiger partial charge in [-0.2, -0.15) is 0 Å². The lowest BCUT2D eigenvalue weighted by atomic mass is 9.96. The zero-order chi connectivity index (χ0) is 12.8. The van der Waals surface area contributed by atoms with Gasteiger partial charge in [-0.25, -0.2) is 0 Å². The summed E-state index contributed by atoms with van der Waals surface area (Å²) in [5.74, 6) is 0.554. The Labute approximate surface area is 136 Å². The molecule has 0 aliphatic carbocycles. The second-order valence-corrected chi connectivity index (χ2v) is 5.02. The van der Waals surface area contributed by atoms with Crippen LogP contribution >= 0.6 is 36.4 Å². The number of rotatable bonds is 4. The van der Waals surface area contributed by atoms with E-state index in [1.165, 1.54) is 19.0 Å². The molecule has 0 saturated carbocycles. The number of carbonyl (C=O) groups is 1. The van der Waals surface area contributed by atoms with Gasteiger partial charge in [0.1, 0.15) is 0 Å². The minimum Gasteiger partial charge on any atom is -0.352 e. The summed E-state index contributed by atoms with van der Waals surface area (Å²) >= 11 is 5.91. The van der Waals surface area contributed by atoms with Crippen molar-refractivity contribution in [1.29, 1.82) is 0 Å². The van der Waals surface area contributed by atoms with E-state index < -0.39 is 0 Å². The fourth-order valence-corrected chi connectivity index (χ4v) is 2.42. The second-order valence-electron chi connectivity index (χ2n) is 4.61. The lowest BCUT2D eigenvalue weighted by Gasteiger charge is -2.22. The minimum absolute atomic E-state index is 0. The van der Waals surface area contributed by atoms with Gasteiger partial charge in [0.25, 0.3) is 5.91 Å². The molecule has 1 fully saturated rings. The molecular weight excluding hydrogens is 321 g/mol. The summed E-state index contributed by atoms with van der Waals surface area (Å²) in [6.07, 6.45) is 6.56. The van der Waals surface area contributed by atoms with Gasteiger partial charge in [0.05, 0.1) is 10.6 Å². The molecule has 4 nitrogen and oxygen atoms in total. The molecule has 0 radical (unpaired) electrons. The minimum atomic E-state index is -0.119. The maximum absolute atomic E-state index is 11.9. The van der Waals surface area contributed by atoms with Gasteiger partial charge in [-0.3, -0.25) is 9.78 Å². The smallest absolute Gasteiger partial charge is 0.252 e. The summed E-state index contributed by atoms with van der Waals surface area (Å²) in [7, 11) is 0. The average Bonchev–Trinajstić information content (AvgIpc) is 2.40. The average molecular weight is 341 g/mol. The maximum atomic E-state index is 11.9. The third-order valence-electron chi connectivity index (χ3n) is 3.25. The van der Waals surface area contributed by atoms with Crippen LogP contribution in [-0.4, -0.2) is 30.5 Å². The van der Waals surface area contributed by atoms with Gasteiger partial charge >= 0.3 is 0 Å². The van der Waals surface area contributed by atoms with Crippen molar-refractivity contribution < 1.29 is 4.79 Å². The van der Waals surface area contributed by atoms with Gasteiger partial charge in [-0.15, -0.1) is 24.8 Å². The highest BCUT2D eigenvalue weighted by Crippen LogP contribution is 2.14. The fraction of sp³-hybridized carbons (Fsp3) is 0.538. The van der Waals surface area contributed by atoms with Crippen LogP contribution in [0.5, 0.6) is 0 Å². The Morgan fingerprint density at radius 2 is 2.30 bits per heavy atom. The van der Waals surface area contributed by atoms with Crippen LogP contribution in [0.2, 0.25) is 5.02 Å². The maximum Gasteiger partial charge on any atom is 0.252 e. The lowest BCUT2D eigenvalue weighted by molar-refractivity contribution is 0.0950. The van der Waals surface area contributed by atoms with E-state index in [0.29, 0.717) is 23.0 Å². The third-order valence-corrected chi connectivity index (χ3v) is 3.56. The first-order valence-corrected chi connectivity index (χ1v) is 6.73. The zero-order valence-corrected chi connectivity index (χ0v) is 13.5. The molecule has 2 rings (SSSR count). The molecular formula is C13H20Cl3N3O. The molecule has 0 aromatic carbocycles. The molecule has 1 aliphatic heterocycles. The molecule has 1 aromatic rings. The summed E-state index contributed by atoms with van der Waals surface area (Å²) in [5.41, 5.74) is 0.494. The number of nitrogens with one attached hydrogen (secondary N) is 2. The molecule has 1 aliphatic rings. The molecule has 7 heteroatoms. The number of carbonyl (C=O) groups excluding carboxylic acids is 1. The number of halogens is 3. The van der Waals surface area contributed by atoms with Crippen LogP contribution in [0.15, 0.2) is 18.5 Å². The van der Waals surface area contributed by atoms with E-state index in [1.54, 1.807) is 12.3 Å². The Hall–Kier alpha value is -0.550. The number of hydrogen-bond acceptors (Lipinski definition) is 3. The van der Waals surface area contributed by atoms with E-state index in [-0.39, 0.29) is 30.7 Å². The Balaban J connectivity index is 0.00000180. The van der Waals surface area contributed by atoms with Crippen molar-refractivity contribution >= 4 is 42.3 Å². The van der Waals surface area contributed by atoms with Crippen molar-refractivity contribution in [3.05, 3.63) is 29.0 Å². The van der Waals surface area contributed by atoms with Crippen LogP contribution in [-0.2, 0) is 0 Å². The highest BCUT2D eigenvalue weighted by Gasteiger charge is 2.14. The van der Waals surface area contributed by atoms with Gasteiger partial charge in [0.2, 0.25) is 0 Å². The quantitative estimate of drug-likeness (QED) is 0.886. The Kier molecular flexibility index (Phi) is 9.94. The van der Waals surface area contributed by atoms with Crippen molar-refractivity contribution in [2.45, 2.75) is 19.3 Å². The normalized spacial score (nSPS) is 17.6. The SMILES string of the molecule is Cl.Cl.O=C(NCCC1CCCNC1)c1ccncc1Cl. The number of pyridine rings is 1. The topological polar surface area (TPSA) is 54.0 Å². The van der Waals surface area contributed by atoms with Crippen LogP contribution in [0, 0.1) is 5.92 Å². The number of nitrogens with zero attached hydrogens (tertiary/aromatic N) is 1. The lowest BCUT2D eigenvalue weighted by Crippen LogP contribution is -2.33. The molecule has 2 N–H and O–H groups in total. The molecule has 2 heterocycles. The van der Waals surface area contributed by atoms with Gasteiger partial charge in [0.15, 0.2) is 0 Å². The van der Waals surface area contributed by atoms with Crippen molar-refractivity contribution in [2.24, 2.45) is 5.92 Å². The van der Waals surface area contributed by atoms with E-state index >= 15 is 0 Å². The van der Waals surface area contributed by atoms with Crippen LogP contribution in [0.25, 0.3) is 0 Å². The first-order valence-electron chi connectivity index (χ1n) is 6.36. The Morgan fingerprint density at radius 3 is 2.95 bits per heavy atom. The number of hydrogen-bond donors (Lipinski definition) is 2. The molecule has 20 heavy (non-hydrogen) atoms. The zero-order valence-electron chi connectivity index (χ0n) is 11.1. The number of piperidine rings is 1. The molecule has 114 valence electrons. The number of amides is 1. The second kappa shape index (κ2) is 10.2. The largest absolute Gasteiger partial charge is 0.352 e. The van der Waals surface area contributed by atoms with Crippen molar-refractivity contribution in [3.63, 3.8) is 0 Å². The van der Waals surface area contributed by atoms with E-state index in [0.717, 1.165) is 19.5 Å². The molecule has 1 saturated heterocycles. The van der Waals surface area contributed by atoms with Gasteiger partial charge in [-0.1, -0.05) is 11.6 Å². The Morgan fingerprint density at radius 1 is 1.50 bits per heavy atom. The van der Waals surface area contributed by atoms with Crippen LogP contribution in [0.4, 0.5) is 0 Å². The summed E-state index contributed by atoms with van der Waals surface area (Å²) in [5, 5.41) is 6.68. The molecule has 0 spiro atoms. The molecule has 1 amide bonds. The standard InChI is InChI=1S/C13H18ClN3O.2ClH/c14-12-9-16-6-4-11(12)13(18)17-7-3-10-2-1-5-15-8-10;;/h4,6,9-10,15H,1-3,5,7-8H2,(H,17,18);2*1H. The van der Waals surface area contributed by atoms with E-state index in [1.807, 2.05) is 0 Å². The summed E-state index contributed by atoms with van der Waals surface area (Å²) < 4.78 is 0. The highest BCUT2D eigenvalue weighted by atomic mass is 35.5. The van der Waals surface area contributed by atoms with Crippen molar-refractivity contribution in [1.82, 2.24) is 15.6 Å². The first kappa shape index (κ1) is 19.4. The molecule has 1 atom stereocenters. The first-order chi connectivity index (χ1) is 8.77. The predicted molar refractivity (Wildman–Crippen MR) is 86.3 cm³/mol. The fourth-order valence-electron chi connectivity index (χ4n) is 2.21. The van der Waals surface area contributed by atoms with E-state index in [2.05, 4.69) is 15.6 Å². The molecule has 1 unspecified atom stereocenters. The molecule has 0 bridgehead atoms. The third kappa shape index (κ3) is 5.83. The van der Waals surface area contributed by atoms with E-state index in [4.69, 9.17) is 11.6 Å². The number of aromatic nitrogens is 1. The summed E-state index contributed by atoms with van der Waals surface area (Å²) in [6, 6.07) is 1.64. The van der Waals surface area contributed by atoms with E-state index in [9.17, 15) is 4.79 Å². The van der Waals surface area contributed by atoms with Crippen LogP contribution in [0.1, 0.15) is 29.6 Å². The highest BCUT2D eigenvalue weighted by molar-refractivity contribution is 6.33. The summed E-state index contributed by atoms with van der Waals surface area (Å²) in [6.45, 7) is 2.88.